The fourth-order valence-electron chi connectivity index (χ4n) is 1.64. The summed E-state index contributed by atoms with van der Waals surface area (Å²) in [6.45, 7) is 0. The Bertz CT molecular complexity index is 839. The average Bonchev–Trinajstić information content (AvgIpc) is 2.52. The number of nitro benzene ring substituents is 2. The third kappa shape index (κ3) is 5.81. The summed E-state index contributed by atoms with van der Waals surface area (Å²) in [5.74, 6) is -0.487. The molecule has 0 N–H and O–H groups in total. The Balaban J connectivity index is 0.00000312. The molecule has 0 saturated heterocycles. The van der Waals surface area contributed by atoms with Crippen LogP contribution in [0, 0.1) is 20.2 Å². The predicted molar refractivity (Wildman–Crippen MR) is 89.3 cm³/mol. The van der Waals surface area contributed by atoms with Gasteiger partial charge in [-0.15, -0.1) is 0 Å². The minimum Gasteiger partial charge on any atom is -0.871 e. The second-order valence-corrected chi connectivity index (χ2v) is 6.01. The average molecular weight is 499 g/mol. The van der Waals surface area contributed by atoms with E-state index in [9.17, 15) is 25.3 Å². The standard InChI is InChI=1S/C13H7Br2N3O6.K/c14-9-3-7(4-10(15)13(9)19)6-16-24-12-2-1-8(17(20)21)5-11(12)18(22)23;/h1-6,19H;/q;+1/p-1/b16-6-;. The zero-order valence-corrected chi connectivity index (χ0v) is 18.8. The first-order valence-corrected chi connectivity index (χ1v) is 7.67. The Morgan fingerprint density at radius 2 is 1.64 bits per heavy atom. The van der Waals surface area contributed by atoms with Gasteiger partial charge in [-0.05, 0) is 23.8 Å². The molecule has 0 spiro atoms. The smallest absolute Gasteiger partial charge is 0.871 e. The van der Waals surface area contributed by atoms with Crippen LogP contribution in [-0.4, -0.2) is 16.1 Å². The van der Waals surface area contributed by atoms with Crippen molar-refractivity contribution in [2.75, 3.05) is 0 Å². The van der Waals surface area contributed by atoms with E-state index in [2.05, 4.69) is 37.0 Å². The number of hydrogen-bond acceptors (Lipinski definition) is 7. The number of benzene rings is 2. The van der Waals surface area contributed by atoms with Crippen LogP contribution in [0.2, 0.25) is 0 Å². The molecule has 0 aliphatic heterocycles. The molecule has 0 heterocycles. The van der Waals surface area contributed by atoms with Crippen molar-refractivity contribution in [3.05, 3.63) is 65.1 Å². The summed E-state index contributed by atoms with van der Waals surface area (Å²) in [5.41, 5.74) is -0.520. The van der Waals surface area contributed by atoms with Crippen molar-refractivity contribution in [1.29, 1.82) is 0 Å². The maximum absolute atomic E-state index is 11.5. The van der Waals surface area contributed by atoms with Crippen LogP contribution in [0.4, 0.5) is 11.4 Å². The Morgan fingerprint density at radius 1 is 1.04 bits per heavy atom. The number of non-ortho nitro benzene ring substituents is 1. The summed E-state index contributed by atoms with van der Waals surface area (Å²) in [5, 5.41) is 36.7. The van der Waals surface area contributed by atoms with Crippen LogP contribution in [0.5, 0.6) is 11.5 Å². The van der Waals surface area contributed by atoms with Gasteiger partial charge in [0.15, 0.2) is 0 Å². The number of rotatable bonds is 5. The van der Waals surface area contributed by atoms with Gasteiger partial charge in [0.05, 0.1) is 22.1 Å². The van der Waals surface area contributed by atoms with Gasteiger partial charge in [0, 0.05) is 15.0 Å². The van der Waals surface area contributed by atoms with Gasteiger partial charge in [0.1, 0.15) is 0 Å². The Labute approximate surface area is 200 Å². The Kier molecular flexibility index (Phi) is 8.60. The maximum Gasteiger partial charge on any atom is 1.00 e. The second kappa shape index (κ2) is 9.71. The third-order valence-corrected chi connectivity index (χ3v) is 3.90. The van der Waals surface area contributed by atoms with Gasteiger partial charge in [0.25, 0.3) is 5.69 Å². The molecule has 25 heavy (non-hydrogen) atoms. The van der Waals surface area contributed by atoms with Gasteiger partial charge in [-0.2, -0.15) is 0 Å². The molecule has 9 nitrogen and oxygen atoms in total. The zero-order chi connectivity index (χ0) is 17.9. The molecule has 2 aromatic rings. The van der Waals surface area contributed by atoms with E-state index in [0.29, 0.717) is 14.5 Å². The number of hydrogen-bond donors (Lipinski definition) is 0. The van der Waals surface area contributed by atoms with E-state index >= 15 is 0 Å². The molecule has 0 aromatic heterocycles. The van der Waals surface area contributed by atoms with Crippen molar-refractivity contribution in [3.63, 3.8) is 0 Å². The van der Waals surface area contributed by atoms with Crippen molar-refractivity contribution < 1.29 is 71.2 Å². The van der Waals surface area contributed by atoms with E-state index < -0.39 is 21.2 Å². The molecule has 0 aliphatic carbocycles. The van der Waals surface area contributed by atoms with Crippen LogP contribution in [-0.2, 0) is 0 Å². The summed E-state index contributed by atoms with van der Waals surface area (Å²) in [7, 11) is 0. The van der Waals surface area contributed by atoms with Crippen molar-refractivity contribution in [3.8, 4) is 11.5 Å². The Hall–Kier alpha value is -0.894. The molecular weight excluding hydrogens is 493 g/mol. The molecule has 0 aliphatic rings. The van der Waals surface area contributed by atoms with Gasteiger partial charge in [-0.1, -0.05) is 42.8 Å². The normalized spacial score (nSPS) is 10.3. The number of oxime groups is 1. The maximum atomic E-state index is 11.5. The van der Waals surface area contributed by atoms with E-state index in [1.54, 1.807) is 0 Å². The minimum absolute atomic E-state index is 0. The first-order valence-electron chi connectivity index (χ1n) is 6.09. The molecule has 12 heteroatoms. The quantitative estimate of drug-likeness (QED) is 0.255. The number of nitro groups is 2. The molecular formula is C13H6Br2KN3O6. The van der Waals surface area contributed by atoms with E-state index in [-0.39, 0.29) is 62.9 Å². The molecule has 0 amide bonds. The molecule has 0 saturated carbocycles. The molecule has 2 aromatic carbocycles. The van der Waals surface area contributed by atoms with E-state index in [1.165, 1.54) is 18.3 Å². The molecule has 2 rings (SSSR count). The van der Waals surface area contributed by atoms with Crippen molar-refractivity contribution in [1.82, 2.24) is 0 Å². The topological polar surface area (TPSA) is 131 Å². The van der Waals surface area contributed by atoms with Crippen LogP contribution < -0.4 is 61.3 Å². The second-order valence-electron chi connectivity index (χ2n) is 4.31. The summed E-state index contributed by atoms with van der Waals surface area (Å²) in [6.07, 6.45) is 1.24. The van der Waals surface area contributed by atoms with Gasteiger partial charge in [-0.25, -0.2) is 0 Å². The molecule has 0 radical (unpaired) electrons. The minimum atomic E-state index is -0.808. The van der Waals surface area contributed by atoms with Gasteiger partial charge in [-0.3, -0.25) is 20.2 Å². The van der Waals surface area contributed by atoms with E-state index in [4.69, 9.17) is 4.84 Å². The summed E-state index contributed by atoms with van der Waals surface area (Å²) >= 11 is 6.18. The SMILES string of the molecule is O=[N+]([O-])c1ccc(O/N=C\c2cc(Br)c([O-])c(Br)c2)c([N+](=O)[O-])c1.[K+]. The van der Waals surface area contributed by atoms with E-state index in [1.807, 2.05) is 0 Å². The molecule has 124 valence electrons. The van der Waals surface area contributed by atoms with Crippen LogP contribution in [0.25, 0.3) is 0 Å². The van der Waals surface area contributed by atoms with Crippen molar-refractivity contribution >= 4 is 49.4 Å². The third-order valence-electron chi connectivity index (χ3n) is 2.72. The first-order chi connectivity index (χ1) is 11.3. The fourth-order valence-corrected chi connectivity index (χ4v) is 2.86. The van der Waals surface area contributed by atoms with Crippen molar-refractivity contribution in [2.24, 2.45) is 5.16 Å². The summed E-state index contributed by atoms with van der Waals surface area (Å²) in [4.78, 5) is 25.0. The molecule has 0 unspecified atom stereocenters. The van der Waals surface area contributed by atoms with E-state index in [0.717, 1.165) is 18.2 Å². The summed E-state index contributed by atoms with van der Waals surface area (Å²) < 4.78 is 0.610. The number of nitrogens with zero attached hydrogens (tertiary/aromatic N) is 3. The van der Waals surface area contributed by atoms with Crippen LogP contribution in [0.3, 0.4) is 0 Å². The van der Waals surface area contributed by atoms with Crippen LogP contribution >= 0.6 is 31.9 Å². The van der Waals surface area contributed by atoms with Gasteiger partial charge >= 0.3 is 57.1 Å². The first kappa shape index (κ1) is 22.1. The van der Waals surface area contributed by atoms with Crippen molar-refractivity contribution in [2.45, 2.75) is 0 Å². The fraction of sp³-hybridized carbons (Fsp3) is 0. The molecule has 0 atom stereocenters. The zero-order valence-electron chi connectivity index (χ0n) is 12.5. The predicted octanol–water partition coefficient (Wildman–Crippen LogP) is 0.519. The Morgan fingerprint density at radius 3 is 2.16 bits per heavy atom. The number of halogens is 2. The van der Waals surface area contributed by atoms with Gasteiger partial charge < -0.3 is 9.94 Å². The molecule has 0 fully saturated rings. The van der Waals surface area contributed by atoms with Crippen LogP contribution in [0.1, 0.15) is 5.56 Å². The molecule has 0 bridgehead atoms. The van der Waals surface area contributed by atoms with Crippen LogP contribution in [0.15, 0.2) is 44.4 Å². The van der Waals surface area contributed by atoms with Gasteiger partial charge in [0.2, 0.25) is 5.75 Å². The largest absolute Gasteiger partial charge is 1.00 e. The summed E-state index contributed by atoms with van der Waals surface area (Å²) in [6, 6.07) is 5.91. The monoisotopic (exact) mass is 497 g/mol.